The molecule has 80 valence electrons. The third kappa shape index (κ3) is 3.57. The van der Waals surface area contributed by atoms with Crippen molar-refractivity contribution >= 4 is 23.1 Å². The summed E-state index contributed by atoms with van der Waals surface area (Å²) in [5.74, 6) is 0.838. The molecule has 0 aliphatic rings. The van der Waals surface area contributed by atoms with Crippen molar-refractivity contribution in [3.8, 4) is 0 Å². The minimum absolute atomic E-state index is 0.152. The fourth-order valence-electron chi connectivity index (χ4n) is 1.08. The molecule has 1 heterocycles. The molecule has 5 heteroatoms. The van der Waals surface area contributed by atoms with Crippen molar-refractivity contribution in [1.29, 1.82) is 0 Å². The number of aliphatic hydroxyl groups is 1. The van der Waals surface area contributed by atoms with E-state index in [2.05, 4.69) is 10.3 Å². The summed E-state index contributed by atoms with van der Waals surface area (Å²) >= 11 is 3.32. The summed E-state index contributed by atoms with van der Waals surface area (Å²) in [5, 5.41) is 14.5. The van der Waals surface area contributed by atoms with Crippen LogP contribution in [0.2, 0.25) is 0 Å². The van der Waals surface area contributed by atoms with E-state index in [4.69, 9.17) is 0 Å². The third-order valence-electron chi connectivity index (χ3n) is 1.88. The van der Waals surface area contributed by atoms with E-state index in [0.717, 1.165) is 16.6 Å². The van der Waals surface area contributed by atoms with E-state index >= 15 is 0 Å². The van der Waals surface area contributed by atoms with Gasteiger partial charge in [-0.2, -0.15) is 0 Å². The van der Waals surface area contributed by atoms with Gasteiger partial charge >= 0.3 is 0 Å². The molecule has 0 radical (unpaired) electrons. The highest BCUT2D eigenvalue weighted by atomic mass is 32.2. The first-order valence-corrected chi connectivity index (χ1v) is 6.45. The Bertz CT molecular complexity index is 253. The zero-order valence-electron chi connectivity index (χ0n) is 8.49. The molecule has 3 nitrogen and oxygen atoms in total. The summed E-state index contributed by atoms with van der Waals surface area (Å²) in [5.41, 5.74) is -0.203. The average Bonchev–Trinajstić information content (AvgIpc) is 2.68. The number of hydrogen-bond acceptors (Lipinski definition) is 5. The fourth-order valence-corrected chi connectivity index (χ4v) is 2.83. The second-order valence-corrected chi connectivity index (χ2v) is 5.45. The van der Waals surface area contributed by atoms with Crippen LogP contribution in [0.25, 0.3) is 0 Å². The molecule has 1 aromatic rings. The van der Waals surface area contributed by atoms with E-state index in [0.29, 0.717) is 0 Å². The molecule has 0 spiro atoms. The molecule has 14 heavy (non-hydrogen) atoms. The second kappa shape index (κ2) is 5.70. The summed E-state index contributed by atoms with van der Waals surface area (Å²) in [6.45, 7) is 5.09. The Morgan fingerprint density at radius 2 is 2.50 bits per heavy atom. The van der Waals surface area contributed by atoms with Gasteiger partial charge in [0.05, 0.1) is 6.61 Å². The van der Waals surface area contributed by atoms with Crippen molar-refractivity contribution in [3.63, 3.8) is 0 Å². The zero-order valence-corrected chi connectivity index (χ0v) is 10.1. The molecular formula is C9H16N2OS2. The van der Waals surface area contributed by atoms with Gasteiger partial charge in [-0.05, 0) is 13.5 Å². The molecule has 1 aromatic heterocycles. The topological polar surface area (TPSA) is 45.1 Å². The van der Waals surface area contributed by atoms with Crippen LogP contribution in [0.4, 0.5) is 0 Å². The van der Waals surface area contributed by atoms with Gasteiger partial charge in [-0.15, -0.1) is 11.3 Å². The van der Waals surface area contributed by atoms with Crippen LogP contribution in [0.3, 0.4) is 0 Å². The van der Waals surface area contributed by atoms with Crippen LogP contribution in [0.15, 0.2) is 15.9 Å². The second-order valence-electron chi connectivity index (χ2n) is 3.34. The van der Waals surface area contributed by atoms with Gasteiger partial charge in [-0.25, -0.2) is 4.98 Å². The number of rotatable bonds is 6. The van der Waals surface area contributed by atoms with E-state index in [-0.39, 0.29) is 12.1 Å². The summed E-state index contributed by atoms with van der Waals surface area (Å²) in [6.07, 6.45) is 1.80. The van der Waals surface area contributed by atoms with Gasteiger partial charge in [0, 0.05) is 22.9 Å². The quantitative estimate of drug-likeness (QED) is 0.731. The monoisotopic (exact) mass is 232 g/mol. The van der Waals surface area contributed by atoms with E-state index in [1.54, 1.807) is 29.3 Å². The van der Waals surface area contributed by atoms with Gasteiger partial charge in [-0.3, -0.25) is 0 Å². The van der Waals surface area contributed by atoms with Crippen molar-refractivity contribution < 1.29 is 5.11 Å². The number of aliphatic hydroxyl groups excluding tert-OH is 1. The van der Waals surface area contributed by atoms with Crippen molar-refractivity contribution in [3.05, 3.63) is 11.6 Å². The molecule has 1 unspecified atom stereocenters. The minimum Gasteiger partial charge on any atom is -0.394 e. The molecule has 0 saturated heterocycles. The molecule has 0 saturated carbocycles. The first-order chi connectivity index (χ1) is 6.70. The normalized spacial score (nSPS) is 15.4. The molecule has 0 aliphatic carbocycles. The lowest BCUT2D eigenvalue weighted by Crippen LogP contribution is -2.47. The van der Waals surface area contributed by atoms with Gasteiger partial charge in [-0.1, -0.05) is 18.7 Å². The summed E-state index contributed by atoms with van der Waals surface area (Å²) in [6, 6.07) is 0. The maximum atomic E-state index is 9.25. The van der Waals surface area contributed by atoms with Crippen molar-refractivity contribution in [2.45, 2.75) is 23.7 Å². The Morgan fingerprint density at radius 1 is 1.71 bits per heavy atom. The first kappa shape index (κ1) is 12.0. The van der Waals surface area contributed by atoms with E-state index in [9.17, 15) is 5.11 Å². The predicted molar refractivity (Wildman–Crippen MR) is 62.0 cm³/mol. The number of aromatic nitrogens is 1. The van der Waals surface area contributed by atoms with Crippen LogP contribution >= 0.6 is 23.1 Å². The van der Waals surface area contributed by atoms with Crippen molar-refractivity contribution in [2.24, 2.45) is 0 Å². The van der Waals surface area contributed by atoms with Gasteiger partial charge in [0.1, 0.15) is 4.34 Å². The highest BCUT2D eigenvalue weighted by Gasteiger charge is 2.22. The number of nitrogens with zero attached hydrogens (tertiary/aromatic N) is 1. The van der Waals surface area contributed by atoms with Crippen LogP contribution in [0, 0.1) is 0 Å². The van der Waals surface area contributed by atoms with E-state index in [1.807, 2.05) is 19.2 Å². The Balaban J connectivity index is 2.41. The molecule has 2 N–H and O–H groups in total. The Labute approximate surface area is 92.9 Å². The van der Waals surface area contributed by atoms with E-state index in [1.165, 1.54) is 0 Å². The summed E-state index contributed by atoms with van der Waals surface area (Å²) in [4.78, 5) is 4.19. The maximum absolute atomic E-state index is 9.25. The molecule has 0 aromatic carbocycles. The highest BCUT2D eigenvalue weighted by Crippen LogP contribution is 2.24. The SMILES string of the molecule is CCNC(C)(CO)CSc1nccs1. The Morgan fingerprint density at radius 3 is 3.00 bits per heavy atom. The maximum Gasteiger partial charge on any atom is 0.149 e. The number of nitrogens with one attached hydrogen (secondary N) is 1. The largest absolute Gasteiger partial charge is 0.394 e. The lowest BCUT2D eigenvalue weighted by molar-refractivity contribution is 0.194. The molecule has 0 amide bonds. The van der Waals surface area contributed by atoms with Crippen LogP contribution < -0.4 is 5.32 Å². The molecule has 1 atom stereocenters. The summed E-state index contributed by atoms with van der Waals surface area (Å²) < 4.78 is 1.06. The number of thiazole rings is 1. The lowest BCUT2D eigenvalue weighted by Gasteiger charge is -2.27. The average molecular weight is 232 g/mol. The van der Waals surface area contributed by atoms with Crippen molar-refractivity contribution in [2.75, 3.05) is 18.9 Å². The summed E-state index contributed by atoms with van der Waals surface area (Å²) in [7, 11) is 0. The van der Waals surface area contributed by atoms with Crippen LogP contribution in [-0.2, 0) is 0 Å². The number of hydrogen-bond donors (Lipinski definition) is 2. The highest BCUT2D eigenvalue weighted by molar-refractivity contribution is 8.01. The van der Waals surface area contributed by atoms with E-state index < -0.39 is 0 Å². The van der Waals surface area contributed by atoms with Crippen LogP contribution in [0.1, 0.15) is 13.8 Å². The molecule has 1 rings (SSSR count). The van der Waals surface area contributed by atoms with Gasteiger partial charge in [0.2, 0.25) is 0 Å². The standard InChI is InChI=1S/C9H16N2OS2/c1-3-11-9(2,6-12)7-14-8-10-4-5-13-8/h4-5,11-12H,3,6-7H2,1-2H3. The Kier molecular flexibility index (Phi) is 4.88. The lowest BCUT2D eigenvalue weighted by atomic mass is 10.1. The Hall–Kier alpha value is -0.100. The van der Waals surface area contributed by atoms with Gasteiger partial charge < -0.3 is 10.4 Å². The number of thioether (sulfide) groups is 1. The molecule has 0 aliphatic heterocycles. The minimum atomic E-state index is -0.203. The van der Waals surface area contributed by atoms with Crippen molar-refractivity contribution in [1.82, 2.24) is 10.3 Å². The van der Waals surface area contributed by atoms with Crippen LogP contribution in [0.5, 0.6) is 0 Å². The molecule has 0 fully saturated rings. The zero-order chi connectivity index (χ0) is 10.4. The van der Waals surface area contributed by atoms with Crippen LogP contribution in [-0.4, -0.2) is 34.5 Å². The fraction of sp³-hybridized carbons (Fsp3) is 0.667. The number of likely N-dealkylation sites (N-methyl/N-ethyl adjacent to an activating group) is 1. The molecule has 0 bridgehead atoms. The molecular weight excluding hydrogens is 216 g/mol. The van der Waals surface area contributed by atoms with Gasteiger partial charge in [0.25, 0.3) is 0 Å². The third-order valence-corrected chi connectivity index (χ3v) is 4.22. The first-order valence-electron chi connectivity index (χ1n) is 4.58. The smallest absolute Gasteiger partial charge is 0.149 e. The van der Waals surface area contributed by atoms with Gasteiger partial charge in [0.15, 0.2) is 0 Å². The predicted octanol–water partition coefficient (Wildman–Crippen LogP) is 1.60.